The Morgan fingerprint density at radius 2 is 1.80 bits per heavy atom. The molecular formula is C14H18N2O3S. The molecule has 1 aromatic heterocycles. The molecule has 0 radical (unpaired) electrons. The third kappa shape index (κ3) is 3.26. The highest BCUT2D eigenvalue weighted by atomic mass is 32.2. The van der Waals surface area contributed by atoms with Gasteiger partial charge >= 0.3 is 0 Å². The van der Waals surface area contributed by atoms with E-state index in [0.29, 0.717) is 6.42 Å². The monoisotopic (exact) mass is 294 g/mol. The Morgan fingerprint density at radius 3 is 2.35 bits per heavy atom. The van der Waals surface area contributed by atoms with E-state index in [1.165, 1.54) is 0 Å². The lowest BCUT2D eigenvalue weighted by Crippen LogP contribution is -2.09. The number of aryl methyl sites for hydroxylation is 3. The van der Waals surface area contributed by atoms with Crippen LogP contribution in [0.3, 0.4) is 0 Å². The highest BCUT2D eigenvalue weighted by Crippen LogP contribution is 2.15. The largest absolute Gasteiger partial charge is 0.296 e. The predicted octanol–water partition coefficient (Wildman–Crippen LogP) is 2.28. The number of hydrogen-bond acceptors (Lipinski definition) is 4. The van der Waals surface area contributed by atoms with E-state index in [1.807, 2.05) is 20.8 Å². The Hall–Kier alpha value is -1.66. The van der Waals surface area contributed by atoms with Gasteiger partial charge in [0.15, 0.2) is 0 Å². The summed E-state index contributed by atoms with van der Waals surface area (Å²) in [4.78, 5) is 0.184. The summed E-state index contributed by atoms with van der Waals surface area (Å²) in [5, 5.41) is 6.94. The van der Waals surface area contributed by atoms with Gasteiger partial charge in [-0.15, -0.1) is 0 Å². The molecule has 0 aliphatic carbocycles. The number of nitrogens with zero attached hydrogens (tertiary/aromatic N) is 1. The minimum absolute atomic E-state index is 0.109. The first-order valence-corrected chi connectivity index (χ1v) is 7.77. The van der Waals surface area contributed by atoms with Gasteiger partial charge in [-0.1, -0.05) is 17.7 Å². The Bertz CT molecular complexity index is 668. The van der Waals surface area contributed by atoms with Gasteiger partial charge < -0.3 is 0 Å². The van der Waals surface area contributed by atoms with E-state index in [1.54, 1.807) is 24.3 Å². The molecule has 0 aliphatic rings. The van der Waals surface area contributed by atoms with Crippen LogP contribution in [0.25, 0.3) is 0 Å². The lowest BCUT2D eigenvalue weighted by atomic mass is 10.1. The van der Waals surface area contributed by atoms with E-state index < -0.39 is 10.1 Å². The molecular weight excluding hydrogens is 276 g/mol. The smallest absolute Gasteiger partial charge is 0.282 e. The Morgan fingerprint density at radius 1 is 1.15 bits per heavy atom. The number of hydrogen-bond donors (Lipinski definition) is 1. The quantitative estimate of drug-likeness (QED) is 0.859. The molecule has 108 valence electrons. The second kappa shape index (κ2) is 5.76. The van der Waals surface area contributed by atoms with Crippen LogP contribution >= 0.6 is 0 Å². The van der Waals surface area contributed by atoms with Crippen LogP contribution in [0.5, 0.6) is 0 Å². The summed E-state index contributed by atoms with van der Waals surface area (Å²) in [5.41, 5.74) is 3.83. The van der Waals surface area contributed by atoms with Crippen molar-refractivity contribution in [2.75, 3.05) is 6.61 Å². The zero-order valence-electron chi connectivity index (χ0n) is 11.8. The van der Waals surface area contributed by atoms with Crippen molar-refractivity contribution in [3.05, 3.63) is 46.8 Å². The van der Waals surface area contributed by atoms with Gasteiger partial charge in [-0.25, -0.2) is 0 Å². The van der Waals surface area contributed by atoms with E-state index in [-0.39, 0.29) is 11.5 Å². The lowest BCUT2D eigenvalue weighted by Gasteiger charge is -2.06. The fraction of sp³-hybridized carbons (Fsp3) is 0.357. The highest BCUT2D eigenvalue weighted by Gasteiger charge is 2.15. The average molecular weight is 294 g/mol. The maximum absolute atomic E-state index is 12.0. The van der Waals surface area contributed by atoms with Crippen LogP contribution in [0.1, 0.15) is 22.5 Å². The van der Waals surface area contributed by atoms with Crippen molar-refractivity contribution >= 4 is 10.1 Å². The third-order valence-electron chi connectivity index (χ3n) is 3.18. The summed E-state index contributed by atoms with van der Waals surface area (Å²) in [5.74, 6) is 0. The van der Waals surface area contributed by atoms with E-state index >= 15 is 0 Å². The van der Waals surface area contributed by atoms with Gasteiger partial charge in [-0.2, -0.15) is 13.5 Å². The molecule has 0 saturated heterocycles. The molecule has 6 heteroatoms. The van der Waals surface area contributed by atoms with Crippen LogP contribution in [-0.2, 0) is 20.7 Å². The number of nitrogens with one attached hydrogen (secondary N) is 1. The molecule has 1 heterocycles. The molecule has 0 bridgehead atoms. The van der Waals surface area contributed by atoms with Gasteiger partial charge in [-0.05, 0) is 38.5 Å². The van der Waals surface area contributed by atoms with Crippen molar-refractivity contribution in [2.24, 2.45) is 0 Å². The van der Waals surface area contributed by atoms with Crippen LogP contribution < -0.4 is 0 Å². The number of H-pyrrole nitrogens is 1. The van der Waals surface area contributed by atoms with Gasteiger partial charge in [0.2, 0.25) is 0 Å². The van der Waals surface area contributed by atoms with Crippen LogP contribution in [-0.4, -0.2) is 25.2 Å². The van der Waals surface area contributed by atoms with E-state index in [2.05, 4.69) is 10.2 Å². The second-order valence-electron chi connectivity index (χ2n) is 4.75. The Kier molecular flexibility index (Phi) is 4.25. The first kappa shape index (κ1) is 14.7. The van der Waals surface area contributed by atoms with Gasteiger partial charge in [0, 0.05) is 12.1 Å². The van der Waals surface area contributed by atoms with Gasteiger partial charge in [0.1, 0.15) is 0 Å². The van der Waals surface area contributed by atoms with Crippen LogP contribution in [0, 0.1) is 20.8 Å². The maximum atomic E-state index is 12.0. The van der Waals surface area contributed by atoms with Crippen LogP contribution in [0.4, 0.5) is 0 Å². The van der Waals surface area contributed by atoms with Gasteiger partial charge in [0.05, 0.1) is 17.2 Å². The standard InChI is InChI=1S/C14H18N2O3S/c1-10-4-6-13(7-5-10)20(17,18)19-9-8-14-11(2)15-16-12(14)3/h4-7H,8-9H2,1-3H3,(H,15,16). The number of benzene rings is 1. The Balaban J connectivity index is 2.01. The second-order valence-corrected chi connectivity index (χ2v) is 6.37. The number of aromatic amines is 1. The Labute approximate surface area is 119 Å². The maximum Gasteiger partial charge on any atom is 0.296 e. The first-order valence-electron chi connectivity index (χ1n) is 6.36. The molecule has 0 unspecified atom stereocenters. The topological polar surface area (TPSA) is 72.1 Å². The molecule has 0 fully saturated rings. The average Bonchev–Trinajstić information content (AvgIpc) is 2.71. The summed E-state index contributed by atoms with van der Waals surface area (Å²) in [6.07, 6.45) is 0.513. The summed E-state index contributed by atoms with van der Waals surface area (Å²) in [6, 6.07) is 6.61. The van der Waals surface area contributed by atoms with E-state index in [9.17, 15) is 8.42 Å². The van der Waals surface area contributed by atoms with Crippen molar-refractivity contribution < 1.29 is 12.6 Å². The van der Waals surface area contributed by atoms with Crippen molar-refractivity contribution in [1.82, 2.24) is 10.2 Å². The SMILES string of the molecule is Cc1ccc(S(=O)(=O)OCCc2c(C)n[nH]c2C)cc1. The molecule has 0 spiro atoms. The molecule has 20 heavy (non-hydrogen) atoms. The molecule has 0 amide bonds. The fourth-order valence-corrected chi connectivity index (χ4v) is 2.88. The molecule has 1 aromatic carbocycles. The molecule has 2 aromatic rings. The molecule has 0 aliphatic heterocycles. The third-order valence-corrected chi connectivity index (χ3v) is 4.51. The minimum atomic E-state index is -3.69. The summed E-state index contributed by atoms with van der Waals surface area (Å²) in [6.45, 7) is 5.80. The number of aromatic nitrogens is 2. The summed E-state index contributed by atoms with van der Waals surface area (Å²) in [7, 11) is -3.69. The highest BCUT2D eigenvalue weighted by molar-refractivity contribution is 7.86. The van der Waals surface area contributed by atoms with Crippen molar-refractivity contribution in [3.63, 3.8) is 0 Å². The van der Waals surface area contributed by atoms with E-state index in [0.717, 1.165) is 22.5 Å². The van der Waals surface area contributed by atoms with Crippen molar-refractivity contribution in [3.8, 4) is 0 Å². The van der Waals surface area contributed by atoms with Crippen LogP contribution in [0.2, 0.25) is 0 Å². The van der Waals surface area contributed by atoms with Crippen molar-refractivity contribution in [2.45, 2.75) is 32.1 Å². The lowest BCUT2D eigenvalue weighted by molar-refractivity contribution is 0.321. The van der Waals surface area contributed by atoms with E-state index in [4.69, 9.17) is 4.18 Å². The molecule has 5 nitrogen and oxygen atoms in total. The van der Waals surface area contributed by atoms with Crippen LogP contribution in [0.15, 0.2) is 29.2 Å². The zero-order chi connectivity index (χ0) is 14.8. The molecule has 1 N–H and O–H groups in total. The molecule has 2 rings (SSSR count). The fourth-order valence-electron chi connectivity index (χ4n) is 1.97. The summed E-state index contributed by atoms with van der Waals surface area (Å²) < 4.78 is 29.1. The first-order chi connectivity index (χ1) is 9.40. The molecule has 0 saturated carbocycles. The summed E-state index contributed by atoms with van der Waals surface area (Å²) >= 11 is 0. The zero-order valence-corrected chi connectivity index (χ0v) is 12.6. The minimum Gasteiger partial charge on any atom is -0.282 e. The molecule has 0 atom stereocenters. The number of rotatable bonds is 5. The van der Waals surface area contributed by atoms with Gasteiger partial charge in [-0.3, -0.25) is 9.28 Å². The normalized spacial score (nSPS) is 11.8. The predicted molar refractivity (Wildman–Crippen MR) is 76.1 cm³/mol. The van der Waals surface area contributed by atoms with Crippen molar-refractivity contribution in [1.29, 1.82) is 0 Å². The van der Waals surface area contributed by atoms with Gasteiger partial charge in [0.25, 0.3) is 10.1 Å².